The van der Waals surface area contributed by atoms with Crippen LogP contribution < -0.4 is 10.5 Å². The maximum absolute atomic E-state index is 13.2. The fourth-order valence-electron chi connectivity index (χ4n) is 1.84. The van der Waals surface area contributed by atoms with Crippen LogP contribution in [0.25, 0.3) is 0 Å². The third-order valence-corrected chi connectivity index (χ3v) is 2.97. The minimum absolute atomic E-state index is 0.0811. The number of benzene rings is 2. The molecule has 0 aromatic heterocycles. The van der Waals surface area contributed by atoms with Gasteiger partial charge >= 0.3 is 0 Å². The maximum atomic E-state index is 13.2. The van der Waals surface area contributed by atoms with E-state index in [4.69, 9.17) is 15.7 Å². The van der Waals surface area contributed by atoms with E-state index in [1.54, 1.807) is 6.07 Å². The van der Waals surface area contributed by atoms with Gasteiger partial charge in [-0.1, -0.05) is 12.1 Å². The van der Waals surface area contributed by atoms with Crippen LogP contribution in [0.3, 0.4) is 0 Å². The molecule has 0 spiro atoms. The Bertz CT molecular complexity index is 647. The molecule has 0 aliphatic heterocycles. The average Bonchev–Trinajstić information content (AvgIpc) is 2.45. The van der Waals surface area contributed by atoms with Crippen molar-refractivity contribution in [2.75, 3.05) is 0 Å². The molecule has 20 heavy (non-hydrogen) atoms. The number of nitriles is 1. The van der Waals surface area contributed by atoms with Gasteiger partial charge in [0.15, 0.2) is 0 Å². The number of hydrogen-bond acceptors (Lipinski definition) is 3. The highest BCUT2D eigenvalue weighted by Gasteiger charge is 2.06. The van der Waals surface area contributed by atoms with Crippen molar-refractivity contribution in [3.05, 3.63) is 65.0 Å². The largest absolute Gasteiger partial charge is 0.489 e. The molecule has 4 heteroatoms. The van der Waals surface area contributed by atoms with Gasteiger partial charge in [0.1, 0.15) is 18.2 Å². The Hall–Kier alpha value is -2.38. The monoisotopic (exact) mass is 270 g/mol. The van der Waals surface area contributed by atoms with Gasteiger partial charge in [0.05, 0.1) is 11.6 Å². The summed E-state index contributed by atoms with van der Waals surface area (Å²) in [6, 6.07) is 13.4. The van der Waals surface area contributed by atoms with Crippen LogP contribution in [0.2, 0.25) is 0 Å². The van der Waals surface area contributed by atoms with E-state index in [1.807, 2.05) is 31.2 Å². The molecule has 2 aromatic carbocycles. The van der Waals surface area contributed by atoms with Gasteiger partial charge in [-0.05, 0) is 42.8 Å². The maximum Gasteiger partial charge on any atom is 0.123 e. The minimum atomic E-state index is -0.382. The Morgan fingerprint density at radius 3 is 2.80 bits per heavy atom. The first kappa shape index (κ1) is 14.0. The standard InChI is InChI=1S/C16H15FN2O/c1-11(19)12-3-2-4-16(8-12)20-10-14-7-15(17)6-5-13(14)9-18/h2-8,11H,10,19H2,1H3. The molecule has 0 amide bonds. The first-order valence-corrected chi connectivity index (χ1v) is 6.27. The number of rotatable bonds is 4. The van der Waals surface area contributed by atoms with Crippen molar-refractivity contribution in [3.63, 3.8) is 0 Å². The lowest BCUT2D eigenvalue weighted by Gasteiger charge is -2.11. The van der Waals surface area contributed by atoms with E-state index >= 15 is 0 Å². The summed E-state index contributed by atoms with van der Waals surface area (Å²) in [5.74, 6) is 0.264. The smallest absolute Gasteiger partial charge is 0.123 e. The van der Waals surface area contributed by atoms with E-state index in [2.05, 4.69) is 0 Å². The van der Waals surface area contributed by atoms with Crippen molar-refractivity contribution >= 4 is 0 Å². The van der Waals surface area contributed by atoms with Crippen LogP contribution in [0.4, 0.5) is 4.39 Å². The SMILES string of the molecule is CC(N)c1cccc(OCc2cc(F)ccc2C#N)c1. The molecule has 0 saturated heterocycles. The van der Waals surface area contributed by atoms with Crippen molar-refractivity contribution in [1.29, 1.82) is 5.26 Å². The highest BCUT2D eigenvalue weighted by atomic mass is 19.1. The molecule has 1 unspecified atom stereocenters. The molecule has 0 aliphatic carbocycles. The van der Waals surface area contributed by atoms with Gasteiger partial charge in [-0.15, -0.1) is 0 Å². The van der Waals surface area contributed by atoms with Crippen molar-refractivity contribution < 1.29 is 9.13 Å². The van der Waals surface area contributed by atoms with E-state index in [0.29, 0.717) is 16.9 Å². The van der Waals surface area contributed by atoms with Crippen LogP contribution in [-0.4, -0.2) is 0 Å². The molecule has 2 aromatic rings. The fraction of sp³-hybridized carbons (Fsp3) is 0.188. The Kier molecular flexibility index (Phi) is 4.34. The van der Waals surface area contributed by atoms with Gasteiger partial charge in [-0.2, -0.15) is 5.26 Å². The van der Waals surface area contributed by atoms with Crippen LogP contribution >= 0.6 is 0 Å². The van der Waals surface area contributed by atoms with Crippen LogP contribution in [0, 0.1) is 17.1 Å². The molecule has 0 saturated carbocycles. The third kappa shape index (κ3) is 3.34. The number of nitrogens with zero attached hydrogens (tertiary/aromatic N) is 1. The van der Waals surface area contributed by atoms with Crippen molar-refractivity contribution in [2.45, 2.75) is 19.6 Å². The normalized spacial score (nSPS) is 11.7. The second kappa shape index (κ2) is 6.18. The molecule has 2 rings (SSSR count). The second-order valence-corrected chi connectivity index (χ2v) is 4.56. The van der Waals surface area contributed by atoms with Crippen LogP contribution in [0.15, 0.2) is 42.5 Å². The lowest BCUT2D eigenvalue weighted by Crippen LogP contribution is -2.05. The van der Waals surface area contributed by atoms with Crippen molar-refractivity contribution in [1.82, 2.24) is 0 Å². The molecule has 0 aliphatic rings. The molecule has 0 fully saturated rings. The Balaban J connectivity index is 2.15. The first-order chi connectivity index (χ1) is 9.60. The topological polar surface area (TPSA) is 59.0 Å². The fourth-order valence-corrected chi connectivity index (χ4v) is 1.84. The van der Waals surface area contributed by atoms with Gasteiger partial charge in [-0.25, -0.2) is 4.39 Å². The predicted molar refractivity (Wildman–Crippen MR) is 74.5 cm³/mol. The summed E-state index contributed by atoms with van der Waals surface area (Å²) in [7, 11) is 0. The highest BCUT2D eigenvalue weighted by molar-refractivity contribution is 5.38. The zero-order valence-electron chi connectivity index (χ0n) is 11.1. The van der Waals surface area contributed by atoms with E-state index in [0.717, 1.165) is 5.56 Å². The molecule has 2 N–H and O–H groups in total. The first-order valence-electron chi connectivity index (χ1n) is 6.27. The molecular weight excluding hydrogens is 255 g/mol. The van der Waals surface area contributed by atoms with E-state index in [-0.39, 0.29) is 18.5 Å². The third-order valence-electron chi connectivity index (χ3n) is 2.97. The molecule has 0 radical (unpaired) electrons. The quantitative estimate of drug-likeness (QED) is 0.927. The van der Waals surface area contributed by atoms with Gasteiger partial charge in [0.25, 0.3) is 0 Å². The molecule has 1 atom stereocenters. The minimum Gasteiger partial charge on any atom is -0.489 e. The van der Waals surface area contributed by atoms with Gasteiger partial charge in [0.2, 0.25) is 0 Å². The molecular formula is C16H15FN2O. The summed E-state index contributed by atoms with van der Waals surface area (Å²) in [5, 5.41) is 8.98. The van der Waals surface area contributed by atoms with Gasteiger partial charge < -0.3 is 10.5 Å². The predicted octanol–water partition coefficient (Wildman–Crippen LogP) is 3.30. The summed E-state index contributed by atoms with van der Waals surface area (Å²) in [6.45, 7) is 2.03. The lowest BCUT2D eigenvalue weighted by molar-refractivity contribution is 0.305. The van der Waals surface area contributed by atoms with Crippen LogP contribution in [0.1, 0.15) is 29.7 Å². The zero-order valence-corrected chi connectivity index (χ0v) is 11.1. The molecule has 102 valence electrons. The van der Waals surface area contributed by atoms with Gasteiger partial charge in [0, 0.05) is 11.6 Å². The van der Waals surface area contributed by atoms with Gasteiger partial charge in [-0.3, -0.25) is 0 Å². The van der Waals surface area contributed by atoms with Crippen molar-refractivity contribution in [2.24, 2.45) is 5.73 Å². The van der Waals surface area contributed by atoms with E-state index in [9.17, 15) is 4.39 Å². The number of hydrogen-bond donors (Lipinski definition) is 1. The molecule has 0 bridgehead atoms. The van der Waals surface area contributed by atoms with Crippen LogP contribution in [0.5, 0.6) is 5.75 Å². The number of nitrogens with two attached hydrogens (primary N) is 1. The summed E-state index contributed by atoms with van der Waals surface area (Å²) >= 11 is 0. The summed E-state index contributed by atoms with van der Waals surface area (Å²) in [5.41, 5.74) is 7.71. The summed E-state index contributed by atoms with van der Waals surface area (Å²) in [4.78, 5) is 0. The van der Waals surface area contributed by atoms with E-state index < -0.39 is 0 Å². The Labute approximate surface area is 117 Å². The average molecular weight is 270 g/mol. The highest BCUT2D eigenvalue weighted by Crippen LogP contribution is 2.20. The van der Waals surface area contributed by atoms with E-state index in [1.165, 1.54) is 18.2 Å². The second-order valence-electron chi connectivity index (χ2n) is 4.56. The lowest BCUT2D eigenvalue weighted by atomic mass is 10.1. The number of halogens is 1. The molecule has 0 heterocycles. The van der Waals surface area contributed by atoms with Crippen LogP contribution in [-0.2, 0) is 6.61 Å². The van der Waals surface area contributed by atoms with Crippen molar-refractivity contribution in [3.8, 4) is 11.8 Å². The Morgan fingerprint density at radius 1 is 1.30 bits per heavy atom. The summed E-state index contributed by atoms with van der Waals surface area (Å²) < 4.78 is 18.8. The zero-order chi connectivity index (χ0) is 14.5. The molecule has 3 nitrogen and oxygen atoms in total. The Morgan fingerprint density at radius 2 is 2.10 bits per heavy atom. The summed E-state index contributed by atoms with van der Waals surface area (Å²) in [6.07, 6.45) is 0. The number of ether oxygens (including phenoxy) is 1.